The van der Waals surface area contributed by atoms with Gasteiger partial charge in [0, 0.05) is 11.7 Å². The summed E-state index contributed by atoms with van der Waals surface area (Å²) in [7, 11) is -3.09. The number of rotatable bonds is 4. The first-order valence-corrected chi connectivity index (χ1v) is 9.65. The summed E-state index contributed by atoms with van der Waals surface area (Å²) in [6, 6.07) is 9.08. The van der Waals surface area contributed by atoms with Crippen LogP contribution in [0.25, 0.3) is 0 Å². The second-order valence-corrected chi connectivity index (χ2v) is 8.29. The molecule has 2 saturated heterocycles. The zero-order chi connectivity index (χ0) is 15.7. The lowest BCUT2D eigenvalue weighted by Crippen LogP contribution is -2.62. The summed E-state index contributed by atoms with van der Waals surface area (Å²) in [5.41, 5.74) is 0.801. The largest absolute Gasteiger partial charge is 0.306 e. The second-order valence-electron chi connectivity index (χ2n) is 6.13. The lowest BCUT2D eigenvalue weighted by atomic mass is 10.0. The van der Waals surface area contributed by atoms with Crippen LogP contribution in [0.2, 0.25) is 0 Å². The van der Waals surface area contributed by atoms with Gasteiger partial charge in [0.1, 0.15) is 0 Å². The minimum Gasteiger partial charge on any atom is -0.306 e. The first-order chi connectivity index (χ1) is 10.5. The van der Waals surface area contributed by atoms with Gasteiger partial charge in [-0.05, 0) is 25.1 Å². The molecule has 6 heteroatoms. The van der Waals surface area contributed by atoms with Crippen LogP contribution in [0.1, 0.15) is 19.8 Å². The van der Waals surface area contributed by atoms with Crippen LogP contribution < -0.4 is 4.90 Å². The minimum atomic E-state index is -3.09. The van der Waals surface area contributed by atoms with Crippen molar-refractivity contribution in [2.45, 2.75) is 31.8 Å². The minimum absolute atomic E-state index is 0.000605. The first-order valence-electron chi connectivity index (χ1n) is 7.83. The Labute approximate surface area is 131 Å². The normalized spacial score (nSPS) is 27.9. The summed E-state index contributed by atoms with van der Waals surface area (Å²) < 4.78 is 24.3. The lowest BCUT2D eigenvalue weighted by Gasteiger charge is -2.43. The summed E-state index contributed by atoms with van der Waals surface area (Å²) in [6.45, 7) is 3.21. The number of unbranched alkanes of at least 4 members (excludes halogenated alkanes) is 1. The van der Waals surface area contributed by atoms with E-state index in [0.717, 1.165) is 25.1 Å². The van der Waals surface area contributed by atoms with E-state index in [1.54, 1.807) is 4.90 Å². The van der Waals surface area contributed by atoms with E-state index in [0.29, 0.717) is 6.54 Å². The molecular formula is C16H22N2O3S. The Bertz CT molecular complexity index is 645. The fourth-order valence-electron chi connectivity index (χ4n) is 3.49. The molecule has 1 amide bonds. The molecule has 2 atom stereocenters. The van der Waals surface area contributed by atoms with Gasteiger partial charge in [-0.2, -0.15) is 0 Å². The number of piperazine rings is 1. The Kier molecular flexibility index (Phi) is 4.23. The summed E-state index contributed by atoms with van der Waals surface area (Å²) in [5, 5.41) is 0. The van der Waals surface area contributed by atoms with E-state index in [2.05, 4.69) is 11.8 Å². The standard InChI is InChI=1S/C16H22N2O3S/c1-2-3-9-17-10-16(19)18(13-7-5-4-6-8-13)15-12-22(20,21)11-14(15)17/h4-8,14-15H,2-3,9-12H2,1H3/t14-,15+/m1/s1. The molecule has 1 aromatic carbocycles. The average molecular weight is 322 g/mol. The van der Waals surface area contributed by atoms with Crippen LogP contribution in [0.4, 0.5) is 5.69 Å². The molecule has 0 unspecified atom stereocenters. The van der Waals surface area contributed by atoms with E-state index in [-0.39, 0.29) is 29.5 Å². The Morgan fingerprint density at radius 1 is 1.14 bits per heavy atom. The highest BCUT2D eigenvalue weighted by Crippen LogP contribution is 2.31. The highest BCUT2D eigenvalue weighted by molar-refractivity contribution is 7.91. The van der Waals surface area contributed by atoms with Gasteiger partial charge in [-0.25, -0.2) is 8.42 Å². The number of hydrogen-bond donors (Lipinski definition) is 0. The van der Waals surface area contributed by atoms with E-state index >= 15 is 0 Å². The van der Waals surface area contributed by atoms with Gasteiger partial charge in [0.15, 0.2) is 9.84 Å². The second kappa shape index (κ2) is 6.01. The first kappa shape index (κ1) is 15.5. The van der Waals surface area contributed by atoms with Crippen molar-refractivity contribution in [3.05, 3.63) is 30.3 Å². The molecule has 22 heavy (non-hydrogen) atoms. The molecule has 0 bridgehead atoms. The summed E-state index contributed by atoms with van der Waals surface area (Å²) >= 11 is 0. The van der Waals surface area contributed by atoms with E-state index in [4.69, 9.17) is 0 Å². The molecule has 5 nitrogen and oxygen atoms in total. The predicted octanol–water partition coefficient (Wildman–Crippen LogP) is 1.30. The van der Waals surface area contributed by atoms with Crippen LogP contribution in [0.15, 0.2) is 30.3 Å². The molecule has 120 valence electrons. The van der Waals surface area contributed by atoms with Gasteiger partial charge in [0.05, 0.1) is 24.1 Å². The molecular weight excluding hydrogens is 300 g/mol. The number of nitrogens with zero attached hydrogens (tertiary/aromatic N) is 2. The molecule has 0 N–H and O–H groups in total. The van der Waals surface area contributed by atoms with E-state index in [9.17, 15) is 13.2 Å². The maximum atomic E-state index is 12.6. The Morgan fingerprint density at radius 3 is 2.50 bits per heavy atom. The van der Waals surface area contributed by atoms with Crippen LogP contribution in [0.5, 0.6) is 0 Å². The van der Waals surface area contributed by atoms with Crippen molar-refractivity contribution in [3.63, 3.8) is 0 Å². The third-order valence-electron chi connectivity index (χ3n) is 4.53. The number of fused-ring (bicyclic) bond motifs is 1. The van der Waals surface area contributed by atoms with Gasteiger partial charge < -0.3 is 4.90 Å². The van der Waals surface area contributed by atoms with Crippen LogP contribution >= 0.6 is 0 Å². The molecule has 2 fully saturated rings. The molecule has 0 aromatic heterocycles. The van der Waals surface area contributed by atoms with E-state index in [1.807, 2.05) is 30.3 Å². The molecule has 0 aliphatic carbocycles. The number of sulfone groups is 1. The van der Waals surface area contributed by atoms with Crippen molar-refractivity contribution >= 4 is 21.4 Å². The number of anilines is 1. The van der Waals surface area contributed by atoms with E-state index in [1.165, 1.54) is 0 Å². The topological polar surface area (TPSA) is 57.7 Å². The quantitative estimate of drug-likeness (QED) is 0.838. The third-order valence-corrected chi connectivity index (χ3v) is 6.23. The lowest BCUT2D eigenvalue weighted by molar-refractivity contribution is -0.123. The number of hydrogen-bond acceptors (Lipinski definition) is 4. The third kappa shape index (κ3) is 2.90. The van der Waals surface area contributed by atoms with Crippen molar-refractivity contribution in [1.82, 2.24) is 4.90 Å². The zero-order valence-corrected chi connectivity index (χ0v) is 13.6. The van der Waals surface area contributed by atoms with Crippen LogP contribution in [0, 0.1) is 0 Å². The number of benzene rings is 1. The van der Waals surface area contributed by atoms with E-state index < -0.39 is 9.84 Å². The molecule has 0 spiro atoms. The molecule has 2 aliphatic rings. The van der Waals surface area contributed by atoms with Gasteiger partial charge in [-0.15, -0.1) is 0 Å². The molecule has 2 aliphatic heterocycles. The van der Waals surface area contributed by atoms with Gasteiger partial charge in [0.25, 0.3) is 0 Å². The predicted molar refractivity (Wildman–Crippen MR) is 86.6 cm³/mol. The molecule has 0 saturated carbocycles. The van der Waals surface area contributed by atoms with Crippen molar-refractivity contribution < 1.29 is 13.2 Å². The molecule has 2 heterocycles. The zero-order valence-electron chi connectivity index (χ0n) is 12.8. The Morgan fingerprint density at radius 2 is 1.82 bits per heavy atom. The average Bonchev–Trinajstić information content (AvgIpc) is 2.80. The maximum Gasteiger partial charge on any atom is 0.241 e. The maximum absolute atomic E-state index is 12.6. The van der Waals surface area contributed by atoms with Crippen LogP contribution in [-0.4, -0.2) is 55.9 Å². The summed E-state index contributed by atoms with van der Waals surface area (Å²) in [6.07, 6.45) is 2.03. The van der Waals surface area contributed by atoms with Crippen LogP contribution in [-0.2, 0) is 14.6 Å². The number of carbonyl (C=O) groups excluding carboxylic acids is 1. The molecule has 1 aromatic rings. The van der Waals surface area contributed by atoms with Crippen molar-refractivity contribution in [1.29, 1.82) is 0 Å². The SMILES string of the molecule is CCCCN1CC(=O)N(c2ccccc2)[C@H]2CS(=O)(=O)C[C@H]21. The highest BCUT2D eigenvalue weighted by Gasteiger charge is 2.49. The summed E-state index contributed by atoms with van der Waals surface area (Å²) in [5.74, 6) is 0.236. The van der Waals surface area contributed by atoms with Crippen molar-refractivity contribution in [3.8, 4) is 0 Å². The highest BCUT2D eigenvalue weighted by atomic mass is 32.2. The fourth-order valence-corrected chi connectivity index (χ4v) is 5.47. The Balaban J connectivity index is 1.92. The molecule has 0 radical (unpaired) electrons. The van der Waals surface area contributed by atoms with Gasteiger partial charge in [-0.3, -0.25) is 9.69 Å². The van der Waals surface area contributed by atoms with Crippen LogP contribution in [0.3, 0.4) is 0 Å². The Hall–Kier alpha value is -1.40. The number of carbonyl (C=O) groups is 1. The molecule has 3 rings (SSSR count). The fraction of sp³-hybridized carbons (Fsp3) is 0.562. The van der Waals surface area contributed by atoms with Gasteiger partial charge in [0.2, 0.25) is 5.91 Å². The van der Waals surface area contributed by atoms with Gasteiger partial charge >= 0.3 is 0 Å². The number of amides is 1. The smallest absolute Gasteiger partial charge is 0.241 e. The monoisotopic (exact) mass is 322 g/mol. The van der Waals surface area contributed by atoms with Crippen molar-refractivity contribution in [2.75, 3.05) is 29.5 Å². The van der Waals surface area contributed by atoms with Crippen molar-refractivity contribution in [2.24, 2.45) is 0 Å². The summed E-state index contributed by atoms with van der Waals surface area (Å²) in [4.78, 5) is 16.4. The number of para-hydroxylation sites is 1. The van der Waals surface area contributed by atoms with Gasteiger partial charge in [-0.1, -0.05) is 31.5 Å².